The lowest BCUT2D eigenvalue weighted by molar-refractivity contribution is 0.00277. The number of hydrogen-bond donors (Lipinski definition) is 1. The Morgan fingerprint density at radius 2 is 2.36 bits per heavy atom. The average molecular weight is 212 g/mol. The van der Waals surface area contributed by atoms with Crippen molar-refractivity contribution in [3.05, 3.63) is 16.6 Å². The number of thiazole rings is 1. The van der Waals surface area contributed by atoms with E-state index in [2.05, 4.69) is 4.98 Å². The normalized spacial score (nSPS) is 27.8. The van der Waals surface area contributed by atoms with Crippen LogP contribution in [0.25, 0.3) is 0 Å². The summed E-state index contributed by atoms with van der Waals surface area (Å²) < 4.78 is 5.76. The molecule has 1 fully saturated rings. The molecule has 0 spiro atoms. The van der Waals surface area contributed by atoms with Crippen molar-refractivity contribution in [2.24, 2.45) is 5.73 Å². The van der Waals surface area contributed by atoms with Crippen LogP contribution in [0.4, 0.5) is 0 Å². The maximum Gasteiger partial charge on any atom is 0.0900 e. The number of nitrogens with two attached hydrogens (primary N) is 1. The van der Waals surface area contributed by atoms with Gasteiger partial charge in [-0.2, -0.15) is 0 Å². The minimum atomic E-state index is 0.224. The third-order valence-corrected chi connectivity index (χ3v) is 3.32. The van der Waals surface area contributed by atoms with E-state index < -0.39 is 0 Å². The minimum Gasteiger partial charge on any atom is -0.370 e. The predicted octanol–water partition coefficient (Wildman–Crippen LogP) is 1.93. The van der Waals surface area contributed by atoms with E-state index in [9.17, 15) is 0 Å². The molecule has 2 N–H and O–H groups in total. The molecule has 0 aliphatic heterocycles. The Morgan fingerprint density at radius 1 is 1.50 bits per heavy atom. The Labute approximate surface area is 88.3 Å². The Balaban J connectivity index is 1.79. The van der Waals surface area contributed by atoms with E-state index in [0.29, 0.717) is 6.61 Å². The molecule has 0 bridgehead atoms. The molecule has 1 aromatic rings. The lowest BCUT2D eigenvalue weighted by Crippen LogP contribution is -2.39. The highest BCUT2D eigenvalue weighted by Gasteiger charge is 2.22. The van der Waals surface area contributed by atoms with E-state index in [0.717, 1.165) is 18.5 Å². The third kappa shape index (κ3) is 2.53. The zero-order valence-corrected chi connectivity index (χ0v) is 9.00. The Bertz CT molecular complexity index is 263. The van der Waals surface area contributed by atoms with E-state index in [1.54, 1.807) is 11.3 Å². The number of nitrogens with zero attached hydrogens (tertiary/aromatic N) is 1. The first-order valence-corrected chi connectivity index (χ1v) is 6.05. The van der Waals surface area contributed by atoms with Gasteiger partial charge in [-0.1, -0.05) is 12.8 Å². The highest BCUT2D eigenvalue weighted by molar-refractivity contribution is 7.07. The monoisotopic (exact) mass is 212 g/mol. The van der Waals surface area contributed by atoms with E-state index >= 15 is 0 Å². The summed E-state index contributed by atoms with van der Waals surface area (Å²) >= 11 is 1.60. The van der Waals surface area contributed by atoms with Crippen LogP contribution in [-0.4, -0.2) is 17.1 Å². The van der Waals surface area contributed by atoms with Gasteiger partial charge in [0.05, 0.1) is 23.9 Å². The lowest BCUT2D eigenvalue weighted by Gasteiger charge is -2.28. The first-order chi connectivity index (χ1) is 6.86. The largest absolute Gasteiger partial charge is 0.370 e. The van der Waals surface area contributed by atoms with Crippen LogP contribution >= 0.6 is 11.3 Å². The molecule has 14 heavy (non-hydrogen) atoms. The molecule has 1 aliphatic rings. The summed E-state index contributed by atoms with van der Waals surface area (Å²) in [5.74, 6) is 0. The molecule has 0 aromatic carbocycles. The van der Waals surface area contributed by atoms with Crippen LogP contribution in [0, 0.1) is 0 Å². The fourth-order valence-corrected chi connectivity index (χ4v) is 2.38. The molecular formula is C10H16N2OS. The second-order valence-corrected chi connectivity index (χ2v) is 4.50. The van der Waals surface area contributed by atoms with Gasteiger partial charge in [0.25, 0.3) is 0 Å². The van der Waals surface area contributed by atoms with Crippen molar-refractivity contribution in [3.63, 3.8) is 0 Å². The van der Waals surface area contributed by atoms with Crippen LogP contribution in [0.15, 0.2) is 10.9 Å². The van der Waals surface area contributed by atoms with Gasteiger partial charge in [0, 0.05) is 11.4 Å². The van der Waals surface area contributed by atoms with Gasteiger partial charge < -0.3 is 10.5 Å². The SMILES string of the molecule is NC1CCCCC1OCc1cscn1. The second kappa shape index (κ2) is 4.87. The molecule has 1 saturated carbocycles. The quantitative estimate of drug-likeness (QED) is 0.832. The zero-order valence-electron chi connectivity index (χ0n) is 8.19. The molecule has 1 aromatic heterocycles. The number of hydrogen-bond acceptors (Lipinski definition) is 4. The summed E-state index contributed by atoms with van der Waals surface area (Å²) in [6.07, 6.45) is 4.94. The van der Waals surface area contributed by atoms with Crippen LogP contribution in [0.1, 0.15) is 31.4 Å². The molecule has 0 amide bonds. The summed E-state index contributed by atoms with van der Waals surface area (Å²) in [5, 5.41) is 2.02. The number of aromatic nitrogens is 1. The summed E-state index contributed by atoms with van der Waals surface area (Å²) in [5.41, 5.74) is 8.83. The number of rotatable bonds is 3. The zero-order chi connectivity index (χ0) is 9.80. The molecule has 1 heterocycles. The van der Waals surface area contributed by atoms with Crippen LogP contribution in [0.2, 0.25) is 0 Å². The van der Waals surface area contributed by atoms with Crippen LogP contribution in [0.3, 0.4) is 0 Å². The highest BCUT2D eigenvalue weighted by Crippen LogP contribution is 2.20. The molecule has 2 unspecified atom stereocenters. The molecule has 4 heteroatoms. The van der Waals surface area contributed by atoms with E-state index in [1.165, 1.54) is 12.8 Å². The fourth-order valence-electron chi connectivity index (χ4n) is 1.83. The first-order valence-electron chi connectivity index (χ1n) is 5.10. The molecule has 2 atom stereocenters. The Kier molecular flexibility index (Phi) is 3.50. The van der Waals surface area contributed by atoms with Gasteiger partial charge in [-0.15, -0.1) is 11.3 Å². The standard InChI is InChI=1S/C10H16N2OS/c11-9-3-1-2-4-10(9)13-5-8-6-14-7-12-8/h6-7,9-10H,1-5,11H2. The van der Waals surface area contributed by atoms with E-state index in [1.807, 2.05) is 10.9 Å². The van der Waals surface area contributed by atoms with Gasteiger partial charge in [-0.05, 0) is 12.8 Å². The predicted molar refractivity (Wildman–Crippen MR) is 57.1 cm³/mol. The molecule has 2 rings (SSSR count). The maximum atomic E-state index is 5.98. The Morgan fingerprint density at radius 3 is 3.07 bits per heavy atom. The van der Waals surface area contributed by atoms with Crippen molar-refractivity contribution in [3.8, 4) is 0 Å². The molecule has 1 aliphatic carbocycles. The van der Waals surface area contributed by atoms with Gasteiger partial charge in [0.2, 0.25) is 0 Å². The minimum absolute atomic E-state index is 0.224. The molecule has 0 saturated heterocycles. The van der Waals surface area contributed by atoms with Crippen molar-refractivity contribution in [2.75, 3.05) is 0 Å². The summed E-state index contributed by atoms with van der Waals surface area (Å²) in [6.45, 7) is 0.613. The van der Waals surface area contributed by atoms with Crippen molar-refractivity contribution in [1.29, 1.82) is 0 Å². The molecule has 78 valence electrons. The second-order valence-electron chi connectivity index (χ2n) is 3.78. The molecule has 3 nitrogen and oxygen atoms in total. The maximum absolute atomic E-state index is 5.98. The van der Waals surface area contributed by atoms with Gasteiger partial charge in [0.15, 0.2) is 0 Å². The molecule has 0 radical (unpaired) electrons. The summed E-state index contributed by atoms with van der Waals surface area (Å²) in [7, 11) is 0. The van der Waals surface area contributed by atoms with Crippen LogP contribution < -0.4 is 5.73 Å². The first kappa shape index (κ1) is 10.1. The van der Waals surface area contributed by atoms with Crippen LogP contribution in [0.5, 0.6) is 0 Å². The highest BCUT2D eigenvalue weighted by atomic mass is 32.1. The van der Waals surface area contributed by atoms with Gasteiger partial charge >= 0.3 is 0 Å². The van der Waals surface area contributed by atoms with Gasteiger partial charge in [-0.3, -0.25) is 0 Å². The fraction of sp³-hybridized carbons (Fsp3) is 0.700. The van der Waals surface area contributed by atoms with Gasteiger partial charge in [-0.25, -0.2) is 4.98 Å². The third-order valence-electron chi connectivity index (χ3n) is 2.68. The van der Waals surface area contributed by atoms with E-state index in [4.69, 9.17) is 10.5 Å². The average Bonchev–Trinajstić information content (AvgIpc) is 2.69. The van der Waals surface area contributed by atoms with Crippen molar-refractivity contribution < 1.29 is 4.74 Å². The summed E-state index contributed by atoms with van der Waals surface area (Å²) in [6, 6.07) is 0.224. The van der Waals surface area contributed by atoms with Crippen LogP contribution in [-0.2, 0) is 11.3 Å². The van der Waals surface area contributed by atoms with E-state index in [-0.39, 0.29) is 12.1 Å². The molecular weight excluding hydrogens is 196 g/mol. The topological polar surface area (TPSA) is 48.1 Å². The number of ether oxygens (including phenoxy) is 1. The van der Waals surface area contributed by atoms with Crippen molar-refractivity contribution >= 4 is 11.3 Å². The lowest BCUT2D eigenvalue weighted by atomic mass is 9.93. The van der Waals surface area contributed by atoms with Crippen molar-refractivity contribution in [2.45, 2.75) is 44.4 Å². The van der Waals surface area contributed by atoms with Crippen molar-refractivity contribution in [1.82, 2.24) is 4.98 Å². The van der Waals surface area contributed by atoms with Gasteiger partial charge in [0.1, 0.15) is 0 Å². The summed E-state index contributed by atoms with van der Waals surface area (Å²) in [4.78, 5) is 4.18. The Hall–Kier alpha value is -0.450. The smallest absolute Gasteiger partial charge is 0.0900 e.